The van der Waals surface area contributed by atoms with Gasteiger partial charge in [0, 0.05) is 26.2 Å². The predicted molar refractivity (Wildman–Crippen MR) is 107 cm³/mol. The van der Waals surface area contributed by atoms with E-state index < -0.39 is 16.1 Å². The van der Waals surface area contributed by atoms with Gasteiger partial charge in [0.2, 0.25) is 15.9 Å². The number of sulfonamides is 1. The van der Waals surface area contributed by atoms with E-state index in [4.69, 9.17) is 10.3 Å². The largest absolute Gasteiger partial charge is 0.360 e. The van der Waals surface area contributed by atoms with E-state index in [-0.39, 0.29) is 42.1 Å². The summed E-state index contributed by atoms with van der Waals surface area (Å²) in [4.78, 5) is 14.3. The van der Waals surface area contributed by atoms with E-state index in [2.05, 4.69) is 5.16 Å². The molecular formula is C18H25ClN4O4S. The lowest BCUT2D eigenvalue weighted by Crippen LogP contribution is -2.54. The number of hydrogen-bond donors (Lipinski definition) is 1. The summed E-state index contributed by atoms with van der Waals surface area (Å²) in [7, 11) is -3.69. The molecule has 10 heteroatoms. The van der Waals surface area contributed by atoms with Crippen LogP contribution >= 0.6 is 12.4 Å². The molecule has 1 aromatic carbocycles. The van der Waals surface area contributed by atoms with E-state index in [0.717, 1.165) is 5.56 Å². The van der Waals surface area contributed by atoms with Crippen LogP contribution in [0.15, 0.2) is 39.8 Å². The standard InChI is InChI=1S/C18H24N4O4S.ClH/c1-13-17(14(2)26-20-13)27(24,25)22-10-8-21(9-11-22)18(23)16(19)12-15-6-4-3-5-7-15;/h3-7,16H,8-12,19H2,1-2H3;1H. The fourth-order valence-corrected chi connectivity index (χ4v) is 5.02. The summed E-state index contributed by atoms with van der Waals surface area (Å²) in [6, 6.07) is 8.95. The second-order valence-corrected chi connectivity index (χ2v) is 8.55. The molecule has 0 aliphatic carbocycles. The Labute approximate surface area is 171 Å². The van der Waals surface area contributed by atoms with Gasteiger partial charge in [-0.3, -0.25) is 4.79 Å². The van der Waals surface area contributed by atoms with Crippen molar-refractivity contribution >= 4 is 28.3 Å². The van der Waals surface area contributed by atoms with Gasteiger partial charge in [-0.25, -0.2) is 8.42 Å². The van der Waals surface area contributed by atoms with Gasteiger partial charge in [0.25, 0.3) is 0 Å². The molecule has 0 radical (unpaired) electrons. The van der Waals surface area contributed by atoms with Crippen molar-refractivity contribution in [2.24, 2.45) is 5.73 Å². The monoisotopic (exact) mass is 428 g/mol. The van der Waals surface area contributed by atoms with E-state index in [1.54, 1.807) is 18.7 Å². The zero-order chi connectivity index (χ0) is 19.6. The molecule has 0 spiro atoms. The van der Waals surface area contributed by atoms with Gasteiger partial charge in [0.1, 0.15) is 10.6 Å². The molecule has 3 rings (SSSR count). The van der Waals surface area contributed by atoms with Crippen molar-refractivity contribution in [2.45, 2.75) is 31.2 Å². The Bertz CT molecular complexity index is 889. The van der Waals surface area contributed by atoms with Gasteiger partial charge in [0.05, 0.1) is 6.04 Å². The molecule has 1 saturated heterocycles. The first-order valence-electron chi connectivity index (χ1n) is 8.82. The van der Waals surface area contributed by atoms with Gasteiger partial charge in [-0.05, 0) is 25.8 Å². The molecule has 28 heavy (non-hydrogen) atoms. The van der Waals surface area contributed by atoms with Crippen LogP contribution in [-0.4, -0.2) is 60.9 Å². The van der Waals surface area contributed by atoms with Crippen molar-refractivity contribution in [1.82, 2.24) is 14.4 Å². The first kappa shape index (κ1) is 22.4. The van der Waals surface area contributed by atoms with Crippen LogP contribution in [0.25, 0.3) is 0 Å². The molecular weight excluding hydrogens is 404 g/mol. The van der Waals surface area contributed by atoms with Gasteiger partial charge >= 0.3 is 0 Å². The van der Waals surface area contributed by atoms with Gasteiger partial charge in [-0.15, -0.1) is 12.4 Å². The molecule has 1 atom stereocenters. The molecule has 1 aliphatic rings. The highest BCUT2D eigenvalue weighted by Gasteiger charge is 2.35. The maximum absolute atomic E-state index is 12.8. The van der Waals surface area contributed by atoms with Crippen molar-refractivity contribution in [3.63, 3.8) is 0 Å². The third-order valence-electron chi connectivity index (χ3n) is 4.73. The number of halogens is 1. The molecule has 2 N–H and O–H groups in total. The number of aromatic nitrogens is 1. The summed E-state index contributed by atoms with van der Waals surface area (Å²) in [6.45, 7) is 4.24. The summed E-state index contributed by atoms with van der Waals surface area (Å²) < 4.78 is 32.0. The Morgan fingerprint density at radius 1 is 1.18 bits per heavy atom. The molecule has 1 aliphatic heterocycles. The average Bonchev–Trinajstić information content (AvgIpc) is 3.01. The maximum Gasteiger partial charge on any atom is 0.248 e. The van der Waals surface area contributed by atoms with E-state index in [1.807, 2.05) is 30.3 Å². The summed E-state index contributed by atoms with van der Waals surface area (Å²) in [6.07, 6.45) is 0.456. The number of aryl methyl sites for hydroxylation is 2. The van der Waals surface area contributed by atoms with Crippen LogP contribution in [0.5, 0.6) is 0 Å². The predicted octanol–water partition coefficient (Wildman–Crippen LogP) is 1.12. The molecule has 2 aromatic rings. The van der Waals surface area contributed by atoms with E-state index >= 15 is 0 Å². The maximum atomic E-state index is 12.8. The first-order chi connectivity index (χ1) is 12.8. The first-order valence-corrected chi connectivity index (χ1v) is 10.3. The van der Waals surface area contributed by atoms with Crippen LogP contribution in [0.1, 0.15) is 17.0 Å². The topological polar surface area (TPSA) is 110 Å². The van der Waals surface area contributed by atoms with Crippen LogP contribution in [-0.2, 0) is 21.2 Å². The molecule has 1 unspecified atom stereocenters. The minimum absolute atomic E-state index is 0. The Hall–Kier alpha value is -1.94. The van der Waals surface area contributed by atoms with Gasteiger partial charge in [-0.1, -0.05) is 35.5 Å². The number of nitrogens with two attached hydrogens (primary N) is 1. The Balaban J connectivity index is 0.00000280. The molecule has 0 saturated carbocycles. The van der Waals surface area contributed by atoms with Crippen LogP contribution in [0, 0.1) is 13.8 Å². The van der Waals surface area contributed by atoms with E-state index in [9.17, 15) is 13.2 Å². The Kier molecular flexibility index (Phi) is 7.22. The number of hydrogen-bond acceptors (Lipinski definition) is 6. The third kappa shape index (κ3) is 4.54. The highest BCUT2D eigenvalue weighted by molar-refractivity contribution is 7.89. The lowest BCUT2D eigenvalue weighted by atomic mass is 10.1. The molecule has 1 aromatic heterocycles. The molecule has 2 heterocycles. The van der Waals surface area contributed by atoms with Crippen molar-refractivity contribution in [1.29, 1.82) is 0 Å². The van der Waals surface area contributed by atoms with Crippen LogP contribution in [0.3, 0.4) is 0 Å². The minimum atomic E-state index is -3.69. The summed E-state index contributed by atoms with van der Waals surface area (Å²) >= 11 is 0. The van der Waals surface area contributed by atoms with Gasteiger partial charge in [0.15, 0.2) is 5.76 Å². The fraction of sp³-hybridized carbons (Fsp3) is 0.444. The van der Waals surface area contributed by atoms with Crippen molar-refractivity contribution < 1.29 is 17.7 Å². The number of carbonyl (C=O) groups excluding carboxylic acids is 1. The van der Waals surface area contributed by atoms with Crippen molar-refractivity contribution in [3.8, 4) is 0 Å². The van der Waals surface area contributed by atoms with Crippen molar-refractivity contribution in [3.05, 3.63) is 47.3 Å². The number of carbonyl (C=O) groups is 1. The molecule has 8 nitrogen and oxygen atoms in total. The lowest BCUT2D eigenvalue weighted by Gasteiger charge is -2.35. The number of rotatable bonds is 5. The number of benzene rings is 1. The quantitative estimate of drug-likeness (QED) is 0.764. The highest BCUT2D eigenvalue weighted by atomic mass is 35.5. The molecule has 0 bridgehead atoms. The molecule has 1 fully saturated rings. The van der Waals surface area contributed by atoms with Crippen LogP contribution in [0.4, 0.5) is 0 Å². The Morgan fingerprint density at radius 2 is 1.79 bits per heavy atom. The summed E-state index contributed by atoms with van der Waals surface area (Å²) in [5.74, 6) is 0.115. The lowest BCUT2D eigenvalue weighted by molar-refractivity contribution is -0.133. The van der Waals surface area contributed by atoms with E-state index in [1.165, 1.54) is 4.31 Å². The summed E-state index contributed by atoms with van der Waals surface area (Å²) in [5.41, 5.74) is 7.42. The summed E-state index contributed by atoms with van der Waals surface area (Å²) in [5, 5.41) is 3.72. The van der Waals surface area contributed by atoms with Crippen LogP contribution < -0.4 is 5.73 Å². The smallest absolute Gasteiger partial charge is 0.248 e. The minimum Gasteiger partial charge on any atom is -0.360 e. The SMILES string of the molecule is Cc1noc(C)c1S(=O)(=O)N1CCN(C(=O)C(N)Cc2ccccc2)CC1.Cl. The van der Waals surface area contributed by atoms with Gasteiger partial charge < -0.3 is 15.2 Å². The van der Waals surface area contributed by atoms with Crippen LogP contribution in [0.2, 0.25) is 0 Å². The zero-order valence-corrected chi connectivity index (χ0v) is 17.5. The number of amides is 1. The molecule has 154 valence electrons. The third-order valence-corrected chi connectivity index (χ3v) is 6.88. The molecule has 1 amide bonds. The Morgan fingerprint density at radius 3 is 2.32 bits per heavy atom. The second-order valence-electron chi connectivity index (χ2n) is 6.68. The number of piperazine rings is 1. The van der Waals surface area contributed by atoms with E-state index in [0.29, 0.717) is 25.2 Å². The fourth-order valence-electron chi connectivity index (χ4n) is 3.31. The average molecular weight is 429 g/mol. The zero-order valence-electron chi connectivity index (χ0n) is 15.9. The van der Waals surface area contributed by atoms with Gasteiger partial charge in [-0.2, -0.15) is 4.31 Å². The normalized spacial score (nSPS) is 16.5. The second kappa shape index (κ2) is 9.04. The highest BCUT2D eigenvalue weighted by Crippen LogP contribution is 2.24. The number of nitrogens with zero attached hydrogens (tertiary/aromatic N) is 3. The van der Waals surface area contributed by atoms with Crippen molar-refractivity contribution in [2.75, 3.05) is 26.2 Å².